The standard InChI is InChI=1S/C26H36N2O3/c1-5-26-13-8-15-27(17-12-23(29)30-4)16-11-21-20-9-6-7-10-22(20)28(18-14-26)24(21)25(26)31-19(2)3/h6-7,9-10,12,17,19,25H,5,8,11,13-16,18H2,1-4H3/b17-12+. The van der Waals surface area contributed by atoms with Crippen molar-refractivity contribution in [3.63, 3.8) is 0 Å². The summed E-state index contributed by atoms with van der Waals surface area (Å²) in [6.07, 6.45) is 9.19. The third-order valence-electron chi connectivity index (χ3n) is 7.26. The van der Waals surface area contributed by atoms with Gasteiger partial charge < -0.3 is 18.9 Å². The molecule has 31 heavy (non-hydrogen) atoms. The second-order valence-corrected chi connectivity index (χ2v) is 9.29. The molecule has 0 saturated carbocycles. The number of aromatic nitrogens is 1. The van der Waals surface area contributed by atoms with Gasteiger partial charge in [0, 0.05) is 48.2 Å². The van der Waals surface area contributed by atoms with E-state index in [2.05, 4.69) is 54.5 Å². The van der Waals surface area contributed by atoms with Crippen LogP contribution in [0.4, 0.5) is 0 Å². The fraction of sp³-hybridized carbons (Fsp3) is 0.577. The highest BCUT2D eigenvalue weighted by Gasteiger charge is 2.45. The van der Waals surface area contributed by atoms with Gasteiger partial charge in [-0.25, -0.2) is 4.79 Å². The normalized spacial score (nSPS) is 24.2. The van der Waals surface area contributed by atoms with Crippen LogP contribution in [0.5, 0.6) is 0 Å². The monoisotopic (exact) mass is 424 g/mol. The van der Waals surface area contributed by atoms with Crippen molar-refractivity contribution in [2.24, 2.45) is 5.41 Å². The summed E-state index contributed by atoms with van der Waals surface area (Å²) in [6, 6.07) is 8.80. The molecule has 3 heterocycles. The van der Waals surface area contributed by atoms with E-state index >= 15 is 0 Å². The van der Waals surface area contributed by atoms with Crippen molar-refractivity contribution >= 4 is 16.9 Å². The summed E-state index contributed by atoms with van der Waals surface area (Å²) in [5, 5.41) is 1.35. The number of methoxy groups -OCH3 is 1. The topological polar surface area (TPSA) is 43.7 Å². The van der Waals surface area contributed by atoms with E-state index in [4.69, 9.17) is 9.47 Å². The van der Waals surface area contributed by atoms with Gasteiger partial charge in [0.2, 0.25) is 0 Å². The Bertz CT molecular complexity index is 961. The second-order valence-electron chi connectivity index (χ2n) is 9.29. The van der Waals surface area contributed by atoms with E-state index in [1.807, 2.05) is 6.20 Å². The molecule has 0 N–H and O–H groups in total. The summed E-state index contributed by atoms with van der Waals surface area (Å²) in [6.45, 7) is 9.53. The van der Waals surface area contributed by atoms with Crippen LogP contribution in [0.2, 0.25) is 0 Å². The summed E-state index contributed by atoms with van der Waals surface area (Å²) in [7, 11) is 1.42. The zero-order valence-electron chi connectivity index (χ0n) is 19.4. The average molecular weight is 425 g/mol. The van der Waals surface area contributed by atoms with E-state index in [0.717, 1.165) is 51.7 Å². The molecule has 2 aliphatic heterocycles. The van der Waals surface area contributed by atoms with E-state index in [0.29, 0.717) is 0 Å². The predicted octanol–water partition coefficient (Wildman–Crippen LogP) is 5.23. The molecule has 2 aromatic rings. The van der Waals surface area contributed by atoms with E-state index in [9.17, 15) is 4.79 Å². The number of fused-ring (bicyclic) bond motifs is 4. The minimum Gasteiger partial charge on any atom is -0.466 e. The average Bonchev–Trinajstić information content (AvgIpc) is 3.09. The number of rotatable bonds is 5. The molecule has 5 heteroatoms. The Kier molecular flexibility index (Phi) is 6.42. The number of aryl methyl sites for hydroxylation is 1. The molecule has 0 spiro atoms. The van der Waals surface area contributed by atoms with Crippen LogP contribution in [0, 0.1) is 5.41 Å². The summed E-state index contributed by atoms with van der Waals surface area (Å²) in [5.74, 6) is -0.302. The minimum atomic E-state index is -0.302. The maximum absolute atomic E-state index is 11.7. The van der Waals surface area contributed by atoms with Gasteiger partial charge in [-0.3, -0.25) is 0 Å². The fourth-order valence-electron chi connectivity index (χ4n) is 5.61. The van der Waals surface area contributed by atoms with E-state index in [1.54, 1.807) is 6.08 Å². The molecule has 2 unspecified atom stereocenters. The molecule has 0 radical (unpaired) electrons. The van der Waals surface area contributed by atoms with Gasteiger partial charge in [-0.1, -0.05) is 25.1 Å². The maximum Gasteiger partial charge on any atom is 0.331 e. The van der Waals surface area contributed by atoms with Gasteiger partial charge in [0.15, 0.2) is 0 Å². The smallest absolute Gasteiger partial charge is 0.331 e. The number of benzene rings is 1. The largest absolute Gasteiger partial charge is 0.466 e. The van der Waals surface area contributed by atoms with Crippen molar-refractivity contribution in [1.29, 1.82) is 0 Å². The van der Waals surface area contributed by atoms with Crippen LogP contribution in [0.15, 0.2) is 36.5 Å². The number of hydrogen-bond acceptors (Lipinski definition) is 4. The quantitative estimate of drug-likeness (QED) is 0.487. The Morgan fingerprint density at radius 2 is 2.03 bits per heavy atom. The molecule has 5 nitrogen and oxygen atoms in total. The third kappa shape index (κ3) is 4.12. The molecule has 1 aromatic carbocycles. The van der Waals surface area contributed by atoms with Crippen molar-refractivity contribution < 1.29 is 14.3 Å². The second kappa shape index (κ2) is 9.07. The molecule has 0 fully saturated rings. The van der Waals surface area contributed by atoms with Gasteiger partial charge in [-0.15, -0.1) is 0 Å². The summed E-state index contributed by atoms with van der Waals surface area (Å²) in [4.78, 5) is 13.9. The minimum absolute atomic E-state index is 0.130. The predicted molar refractivity (Wildman–Crippen MR) is 124 cm³/mol. The van der Waals surface area contributed by atoms with Crippen molar-refractivity contribution in [3.8, 4) is 0 Å². The van der Waals surface area contributed by atoms with Crippen LogP contribution < -0.4 is 0 Å². The molecule has 0 saturated heterocycles. The number of hydrogen-bond donors (Lipinski definition) is 0. The van der Waals surface area contributed by atoms with Crippen molar-refractivity contribution in [2.75, 3.05) is 20.2 Å². The number of esters is 1. The first kappa shape index (κ1) is 21.9. The highest BCUT2D eigenvalue weighted by atomic mass is 16.5. The van der Waals surface area contributed by atoms with Gasteiger partial charge in [0.25, 0.3) is 0 Å². The van der Waals surface area contributed by atoms with Crippen LogP contribution in [0.3, 0.4) is 0 Å². The first-order valence-corrected chi connectivity index (χ1v) is 11.7. The molecule has 0 aliphatic carbocycles. The Balaban J connectivity index is 1.82. The molecular weight excluding hydrogens is 388 g/mol. The van der Waals surface area contributed by atoms with Crippen molar-refractivity contribution in [2.45, 2.75) is 71.6 Å². The van der Waals surface area contributed by atoms with Gasteiger partial charge >= 0.3 is 5.97 Å². The lowest BCUT2D eigenvalue weighted by molar-refractivity contribution is -0.134. The first-order chi connectivity index (χ1) is 15.0. The highest BCUT2D eigenvalue weighted by molar-refractivity contribution is 5.86. The molecule has 1 aromatic heterocycles. The Labute approximate surface area is 186 Å². The van der Waals surface area contributed by atoms with Crippen molar-refractivity contribution in [1.82, 2.24) is 9.47 Å². The Hall–Kier alpha value is -2.27. The summed E-state index contributed by atoms with van der Waals surface area (Å²) < 4.78 is 14.1. The van der Waals surface area contributed by atoms with E-state index < -0.39 is 0 Å². The Morgan fingerprint density at radius 1 is 1.23 bits per heavy atom. The van der Waals surface area contributed by atoms with Gasteiger partial charge in [-0.05, 0) is 57.6 Å². The maximum atomic E-state index is 11.7. The molecule has 2 aliphatic rings. The van der Waals surface area contributed by atoms with E-state index in [1.165, 1.54) is 29.3 Å². The SMILES string of the molecule is CCC12CCCN(/C=C/C(=O)OC)CCc3c(n(c4ccccc34)CC1)C2OC(C)C. The molecule has 2 atom stereocenters. The van der Waals surface area contributed by atoms with Crippen LogP contribution in [-0.4, -0.2) is 41.7 Å². The number of carbonyl (C=O) groups excluding carboxylic acids is 1. The number of para-hydroxylation sites is 1. The molecule has 4 rings (SSSR count). The molecule has 2 bridgehead atoms. The van der Waals surface area contributed by atoms with Gasteiger partial charge in [0.05, 0.1) is 18.9 Å². The number of nitrogens with zero attached hydrogens (tertiary/aromatic N) is 2. The zero-order valence-corrected chi connectivity index (χ0v) is 19.4. The first-order valence-electron chi connectivity index (χ1n) is 11.7. The lowest BCUT2D eigenvalue weighted by Crippen LogP contribution is -2.40. The molecule has 0 amide bonds. The van der Waals surface area contributed by atoms with E-state index in [-0.39, 0.29) is 23.6 Å². The van der Waals surface area contributed by atoms with Crippen LogP contribution >= 0.6 is 0 Å². The number of carbonyl (C=O) groups is 1. The fourth-order valence-corrected chi connectivity index (χ4v) is 5.61. The van der Waals surface area contributed by atoms with Crippen LogP contribution in [-0.2, 0) is 27.2 Å². The summed E-state index contributed by atoms with van der Waals surface area (Å²) in [5.41, 5.74) is 4.28. The summed E-state index contributed by atoms with van der Waals surface area (Å²) >= 11 is 0. The van der Waals surface area contributed by atoms with Gasteiger partial charge in [0.1, 0.15) is 6.10 Å². The third-order valence-corrected chi connectivity index (χ3v) is 7.26. The number of ether oxygens (including phenoxy) is 2. The lowest BCUT2D eigenvalue weighted by Gasteiger charge is -2.46. The van der Waals surface area contributed by atoms with Crippen molar-refractivity contribution in [3.05, 3.63) is 47.8 Å². The van der Waals surface area contributed by atoms with Crippen LogP contribution in [0.1, 0.15) is 63.8 Å². The molecular formula is C26H36N2O3. The molecule has 168 valence electrons. The zero-order chi connectivity index (χ0) is 22.0. The van der Waals surface area contributed by atoms with Crippen LogP contribution in [0.25, 0.3) is 10.9 Å². The Morgan fingerprint density at radius 3 is 2.77 bits per heavy atom. The highest BCUT2D eigenvalue weighted by Crippen LogP contribution is 2.53. The lowest BCUT2D eigenvalue weighted by atomic mass is 9.69. The van der Waals surface area contributed by atoms with Gasteiger partial charge in [-0.2, -0.15) is 0 Å².